The number of benzene rings is 1. The topological polar surface area (TPSA) is 66.1 Å². The van der Waals surface area contributed by atoms with Crippen molar-refractivity contribution in [3.63, 3.8) is 0 Å². The van der Waals surface area contributed by atoms with Gasteiger partial charge >= 0.3 is 0 Å². The standard InChI is InChI=1S/C21H21N3O2/c1-13-19(16-7-3-4-9-18(16)23-13)20(25)21(26)24(15-10-11-15)14(2)17-8-5-6-12-22-17/h3-9,12,14-15,23H,10-11H2,1-2H3/t14-/m1/s1. The number of aryl methyl sites for hydroxylation is 1. The average Bonchev–Trinajstić information content (AvgIpc) is 3.43. The number of rotatable bonds is 5. The molecule has 1 atom stereocenters. The molecule has 2 heterocycles. The maximum absolute atomic E-state index is 13.2. The molecule has 0 saturated heterocycles. The van der Waals surface area contributed by atoms with E-state index in [1.807, 2.05) is 56.3 Å². The number of aromatic amines is 1. The summed E-state index contributed by atoms with van der Waals surface area (Å²) in [6, 6.07) is 13.1. The number of carbonyl (C=O) groups excluding carboxylic acids is 2. The van der Waals surface area contributed by atoms with E-state index >= 15 is 0 Å². The lowest BCUT2D eigenvalue weighted by Crippen LogP contribution is -2.40. The minimum Gasteiger partial charge on any atom is -0.358 e. The lowest BCUT2D eigenvalue weighted by atomic mass is 10.0. The maximum Gasteiger partial charge on any atom is 0.295 e. The Morgan fingerprint density at radius 2 is 1.88 bits per heavy atom. The number of fused-ring (bicyclic) bond motifs is 1. The molecule has 2 aromatic heterocycles. The molecule has 1 aliphatic carbocycles. The zero-order chi connectivity index (χ0) is 18.3. The Labute approximate surface area is 152 Å². The minimum absolute atomic E-state index is 0.119. The van der Waals surface area contributed by atoms with Gasteiger partial charge < -0.3 is 9.88 Å². The molecule has 1 saturated carbocycles. The van der Waals surface area contributed by atoms with Crippen molar-refractivity contribution in [3.05, 3.63) is 65.6 Å². The fraction of sp³-hybridized carbons (Fsp3) is 0.286. The number of amides is 1. The number of hydrogen-bond donors (Lipinski definition) is 1. The van der Waals surface area contributed by atoms with Crippen LogP contribution in [-0.2, 0) is 4.79 Å². The van der Waals surface area contributed by atoms with Crippen molar-refractivity contribution in [2.45, 2.75) is 38.8 Å². The molecular weight excluding hydrogens is 326 g/mol. The number of nitrogens with zero attached hydrogens (tertiary/aromatic N) is 2. The van der Waals surface area contributed by atoms with Crippen LogP contribution in [0, 0.1) is 6.92 Å². The Balaban J connectivity index is 1.70. The summed E-state index contributed by atoms with van der Waals surface area (Å²) in [6.07, 6.45) is 3.58. The van der Waals surface area contributed by atoms with Crippen LogP contribution in [0.5, 0.6) is 0 Å². The Morgan fingerprint density at radius 3 is 2.58 bits per heavy atom. The molecule has 5 nitrogen and oxygen atoms in total. The summed E-state index contributed by atoms with van der Waals surface area (Å²) >= 11 is 0. The second-order valence-corrected chi connectivity index (χ2v) is 6.87. The SMILES string of the molecule is Cc1[nH]c2ccccc2c1C(=O)C(=O)N(C1CC1)[C@H](C)c1ccccn1. The van der Waals surface area contributed by atoms with Crippen LogP contribution in [0.4, 0.5) is 0 Å². The van der Waals surface area contributed by atoms with Gasteiger partial charge in [0.25, 0.3) is 11.7 Å². The zero-order valence-electron chi connectivity index (χ0n) is 14.9. The van der Waals surface area contributed by atoms with E-state index in [1.54, 1.807) is 11.1 Å². The number of hydrogen-bond acceptors (Lipinski definition) is 3. The van der Waals surface area contributed by atoms with Crippen LogP contribution in [0.15, 0.2) is 48.7 Å². The van der Waals surface area contributed by atoms with Gasteiger partial charge in [-0.1, -0.05) is 24.3 Å². The number of nitrogens with one attached hydrogen (secondary N) is 1. The summed E-state index contributed by atoms with van der Waals surface area (Å²) in [4.78, 5) is 35.6. The quantitative estimate of drug-likeness (QED) is 0.564. The van der Waals surface area contributed by atoms with E-state index in [4.69, 9.17) is 0 Å². The number of ketones is 1. The van der Waals surface area contributed by atoms with Gasteiger partial charge in [-0.05, 0) is 44.9 Å². The Bertz CT molecular complexity index is 973. The van der Waals surface area contributed by atoms with E-state index in [0.29, 0.717) is 5.56 Å². The molecule has 5 heteroatoms. The van der Waals surface area contributed by atoms with E-state index in [0.717, 1.165) is 35.1 Å². The summed E-state index contributed by atoms with van der Waals surface area (Å²) in [5.74, 6) is -0.895. The molecule has 1 fully saturated rings. The first kappa shape index (κ1) is 16.5. The van der Waals surface area contributed by atoms with Crippen molar-refractivity contribution < 1.29 is 9.59 Å². The predicted molar refractivity (Wildman–Crippen MR) is 99.9 cm³/mol. The van der Waals surface area contributed by atoms with Crippen molar-refractivity contribution in [1.82, 2.24) is 14.9 Å². The highest BCUT2D eigenvalue weighted by Gasteiger charge is 2.40. The van der Waals surface area contributed by atoms with Crippen molar-refractivity contribution >= 4 is 22.6 Å². The highest BCUT2D eigenvalue weighted by atomic mass is 16.2. The minimum atomic E-state index is -0.449. The number of H-pyrrole nitrogens is 1. The molecule has 0 aliphatic heterocycles. The molecule has 0 spiro atoms. The number of carbonyl (C=O) groups is 2. The van der Waals surface area contributed by atoms with Crippen LogP contribution in [-0.4, -0.2) is 32.6 Å². The second-order valence-electron chi connectivity index (χ2n) is 6.87. The summed E-state index contributed by atoms with van der Waals surface area (Å²) in [6.45, 7) is 3.78. The molecule has 3 aromatic rings. The number of Topliss-reactive ketones (excluding diaryl/α,β-unsaturated/α-hetero) is 1. The maximum atomic E-state index is 13.2. The van der Waals surface area contributed by atoms with Crippen LogP contribution >= 0.6 is 0 Å². The van der Waals surface area contributed by atoms with Gasteiger partial charge in [0, 0.05) is 28.8 Å². The third kappa shape index (κ3) is 2.79. The average molecular weight is 347 g/mol. The molecule has 0 radical (unpaired) electrons. The molecule has 0 bridgehead atoms. The summed E-state index contributed by atoms with van der Waals surface area (Å²) in [5.41, 5.74) is 2.88. The molecular formula is C21H21N3O2. The zero-order valence-corrected chi connectivity index (χ0v) is 14.9. The fourth-order valence-corrected chi connectivity index (χ4v) is 3.57. The van der Waals surface area contributed by atoms with Gasteiger partial charge in [0.05, 0.1) is 17.3 Å². The van der Waals surface area contributed by atoms with E-state index < -0.39 is 11.7 Å². The third-order valence-corrected chi connectivity index (χ3v) is 5.02. The van der Waals surface area contributed by atoms with E-state index in [2.05, 4.69) is 9.97 Å². The molecule has 1 amide bonds. The third-order valence-electron chi connectivity index (χ3n) is 5.02. The van der Waals surface area contributed by atoms with Crippen LogP contribution in [0.25, 0.3) is 10.9 Å². The van der Waals surface area contributed by atoms with Crippen molar-refractivity contribution in [2.75, 3.05) is 0 Å². The van der Waals surface area contributed by atoms with Gasteiger partial charge in [-0.25, -0.2) is 0 Å². The number of para-hydroxylation sites is 1. The molecule has 0 unspecified atom stereocenters. The van der Waals surface area contributed by atoms with E-state index in [-0.39, 0.29) is 12.1 Å². The lowest BCUT2D eigenvalue weighted by molar-refractivity contribution is -0.129. The Morgan fingerprint density at radius 1 is 1.15 bits per heavy atom. The molecule has 1 aliphatic rings. The number of pyridine rings is 1. The van der Waals surface area contributed by atoms with Gasteiger partial charge in [0.2, 0.25) is 0 Å². The van der Waals surface area contributed by atoms with Gasteiger partial charge in [-0.2, -0.15) is 0 Å². The first-order valence-electron chi connectivity index (χ1n) is 8.93. The van der Waals surface area contributed by atoms with Crippen LogP contribution < -0.4 is 0 Å². The molecule has 1 aromatic carbocycles. The number of aromatic nitrogens is 2. The van der Waals surface area contributed by atoms with Crippen LogP contribution in [0.3, 0.4) is 0 Å². The summed E-state index contributed by atoms with van der Waals surface area (Å²) < 4.78 is 0. The lowest BCUT2D eigenvalue weighted by Gasteiger charge is -2.28. The van der Waals surface area contributed by atoms with Crippen LogP contribution in [0.2, 0.25) is 0 Å². The molecule has 132 valence electrons. The van der Waals surface area contributed by atoms with Crippen molar-refractivity contribution in [3.8, 4) is 0 Å². The largest absolute Gasteiger partial charge is 0.358 e. The first-order chi connectivity index (χ1) is 12.6. The predicted octanol–water partition coefficient (Wildman–Crippen LogP) is 3.81. The molecule has 4 rings (SSSR count). The fourth-order valence-electron chi connectivity index (χ4n) is 3.57. The normalized spacial score (nSPS) is 15.0. The summed E-state index contributed by atoms with van der Waals surface area (Å²) in [7, 11) is 0. The van der Waals surface area contributed by atoms with Gasteiger partial charge in [-0.3, -0.25) is 14.6 Å². The monoisotopic (exact) mass is 347 g/mol. The Hall–Kier alpha value is -2.95. The van der Waals surface area contributed by atoms with E-state index in [1.165, 1.54) is 0 Å². The van der Waals surface area contributed by atoms with Crippen molar-refractivity contribution in [1.29, 1.82) is 0 Å². The van der Waals surface area contributed by atoms with Crippen LogP contribution in [0.1, 0.15) is 47.6 Å². The second kappa shape index (κ2) is 6.41. The molecule has 1 N–H and O–H groups in total. The van der Waals surface area contributed by atoms with E-state index in [9.17, 15) is 9.59 Å². The van der Waals surface area contributed by atoms with Crippen molar-refractivity contribution in [2.24, 2.45) is 0 Å². The van der Waals surface area contributed by atoms with Gasteiger partial charge in [0.15, 0.2) is 0 Å². The first-order valence-corrected chi connectivity index (χ1v) is 8.93. The molecule has 26 heavy (non-hydrogen) atoms. The summed E-state index contributed by atoms with van der Waals surface area (Å²) in [5, 5.41) is 0.796. The van der Waals surface area contributed by atoms with Gasteiger partial charge in [0.1, 0.15) is 0 Å². The highest BCUT2D eigenvalue weighted by Crippen LogP contribution is 2.35. The Kier molecular flexibility index (Phi) is 4.07. The van der Waals surface area contributed by atoms with Gasteiger partial charge in [-0.15, -0.1) is 0 Å². The highest BCUT2D eigenvalue weighted by molar-refractivity contribution is 6.45. The smallest absolute Gasteiger partial charge is 0.295 e.